The lowest BCUT2D eigenvalue weighted by molar-refractivity contribution is -0.148. The van der Waals surface area contributed by atoms with Crippen LogP contribution < -0.4 is 5.32 Å². The third-order valence-electron chi connectivity index (χ3n) is 11.1. The summed E-state index contributed by atoms with van der Waals surface area (Å²) in [7, 11) is 0. The summed E-state index contributed by atoms with van der Waals surface area (Å²) in [6.45, 7) is 6.31. The van der Waals surface area contributed by atoms with E-state index in [9.17, 15) is 19.8 Å². The molecule has 0 rings (SSSR count). The maximum absolute atomic E-state index is 13.1. The number of amides is 1. The monoisotopic (exact) mass is 826 g/mol. The summed E-state index contributed by atoms with van der Waals surface area (Å²) in [4.78, 5) is 25.9. The van der Waals surface area contributed by atoms with Crippen molar-refractivity contribution in [3.8, 4) is 0 Å². The van der Waals surface area contributed by atoms with Crippen molar-refractivity contribution in [3.63, 3.8) is 0 Å². The van der Waals surface area contributed by atoms with Gasteiger partial charge < -0.3 is 20.3 Å². The molecule has 0 aliphatic carbocycles. The number of carbonyl (C=O) groups excluding carboxylic acids is 2. The zero-order chi connectivity index (χ0) is 43.1. The molecular weight excluding hydrogens is 731 g/mol. The van der Waals surface area contributed by atoms with Gasteiger partial charge in [0.15, 0.2) is 0 Å². The first kappa shape index (κ1) is 56.6. The standard InChI is InChI=1S/C53H95NO5/c1-4-7-10-13-16-19-21-23-25-26-27-29-31-34-36-39-42-45-51(56)50(48-55)54-52(57)47-49(59-53(58)46-43-40-37-32-18-15-12-9-6-3)44-41-38-35-33-30-28-24-22-20-17-14-11-8-5-2/h8,11,17,20,24,28,33,35,41,44,49-51,55-56H,4-7,9-10,12-16,18-19,21-23,25-27,29-32,34,36-40,42-43,45-48H2,1-3H3,(H,54,57)/b11-8+,20-17+,28-24+,35-33+,44-41+. The number of ether oxygens (including phenoxy) is 1. The molecule has 59 heavy (non-hydrogen) atoms. The summed E-state index contributed by atoms with van der Waals surface area (Å²) in [6, 6.07) is -0.741. The van der Waals surface area contributed by atoms with E-state index < -0.39 is 18.2 Å². The largest absolute Gasteiger partial charge is 0.458 e. The van der Waals surface area contributed by atoms with E-state index >= 15 is 0 Å². The number of carbonyl (C=O) groups is 2. The molecule has 6 heteroatoms. The molecule has 0 saturated carbocycles. The minimum Gasteiger partial charge on any atom is -0.458 e. The fourth-order valence-electron chi connectivity index (χ4n) is 7.33. The number of hydrogen-bond donors (Lipinski definition) is 3. The van der Waals surface area contributed by atoms with Crippen molar-refractivity contribution in [1.29, 1.82) is 0 Å². The number of hydrogen-bond acceptors (Lipinski definition) is 5. The maximum atomic E-state index is 13.1. The van der Waals surface area contributed by atoms with E-state index in [4.69, 9.17) is 4.74 Å². The van der Waals surface area contributed by atoms with E-state index in [-0.39, 0.29) is 24.9 Å². The molecule has 0 aromatic rings. The van der Waals surface area contributed by atoms with E-state index in [2.05, 4.69) is 74.7 Å². The second kappa shape index (κ2) is 46.6. The van der Waals surface area contributed by atoms with Crippen molar-refractivity contribution in [2.24, 2.45) is 0 Å². The molecule has 0 radical (unpaired) electrons. The Morgan fingerprint density at radius 3 is 1.29 bits per heavy atom. The quantitative estimate of drug-likeness (QED) is 0.0323. The van der Waals surface area contributed by atoms with Gasteiger partial charge in [0.25, 0.3) is 0 Å². The maximum Gasteiger partial charge on any atom is 0.306 e. The number of nitrogens with one attached hydrogen (secondary N) is 1. The minimum atomic E-state index is -0.818. The summed E-state index contributed by atoms with van der Waals surface area (Å²) >= 11 is 0. The highest BCUT2D eigenvalue weighted by atomic mass is 16.5. The number of allylic oxidation sites excluding steroid dienone is 9. The average Bonchev–Trinajstić information content (AvgIpc) is 3.23. The van der Waals surface area contributed by atoms with Crippen LogP contribution in [0.5, 0.6) is 0 Å². The fourth-order valence-corrected chi connectivity index (χ4v) is 7.33. The van der Waals surface area contributed by atoms with Crippen LogP contribution in [0.4, 0.5) is 0 Å². The average molecular weight is 826 g/mol. The Morgan fingerprint density at radius 2 is 0.881 bits per heavy atom. The van der Waals surface area contributed by atoms with Crippen molar-refractivity contribution in [2.75, 3.05) is 6.61 Å². The van der Waals surface area contributed by atoms with E-state index in [1.807, 2.05) is 6.08 Å². The molecule has 1 amide bonds. The van der Waals surface area contributed by atoms with Gasteiger partial charge in [0.2, 0.25) is 5.91 Å². The minimum absolute atomic E-state index is 0.0451. The van der Waals surface area contributed by atoms with Crippen LogP contribution in [-0.4, -0.2) is 46.9 Å². The van der Waals surface area contributed by atoms with Gasteiger partial charge >= 0.3 is 5.97 Å². The first-order valence-corrected chi connectivity index (χ1v) is 25.0. The van der Waals surface area contributed by atoms with E-state index in [1.165, 1.54) is 128 Å². The molecule has 3 N–H and O–H groups in total. The number of aliphatic hydroxyl groups excluding tert-OH is 2. The van der Waals surface area contributed by atoms with Crippen LogP contribution >= 0.6 is 0 Å². The van der Waals surface area contributed by atoms with Gasteiger partial charge in [-0.25, -0.2) is 0 Å². The van der Waals surface area contributed by atoms with Crippen molar-refractivity contribution in [3.05, 3.63) is 60.8 Å². The molecule has 3 atom stereocenters. The Bertz CT molecular complexity index is 1060. The highest BCUT2D eigenvalue weighted by Crippen LogP contribution is 2.16. The SMILES string of the molecule is CC/C=C/C/C=C/C/C=C/C/C=C/C/C=C/C(CC(=O)NC(CO)C(O)CCCCCCCCCCCCCCCCCCC)OC(=O)CCCCCCCCCCC. The number of unbranched alkanes of at least 4 members (excludes halogenated alkanes) is 24. The molecule has 342 valence electrons. The van der Waals surface area contributed by atoms with Crippen molar-refractivity contribution in [2.45, 2.75) is 257 Å². The Labute approximate surface area is 365 Å². The topological polar surface area (TPSA) is 95.9 Å². The number of rotatable bonds is 44. The van der Waals surface area contributed by atoms with Gasteiger partial charge in [0.05, 0.1) is 25.2 Å². The van der Waals surface area contributed by atoms with E-state index in [1.54, 1.807) is 6.08 Å². The lowest BCUT2D eigenvalue weighted by atomic mass is 10.0. The van der Waals surface area contributed by atoms with Crippen LogP contribution in [0.15, 0.2) is 60.8 Å². The lowest BCUT2D eigenvalue weighted by Gasteiger charge is -2.23. The van der Waals surface area contributed by atoms with Gasteiger partial charge in [-0.15, -0.1) is 0 Å². The van der Waals surface area contributed by atoms with Crippen LogP contribution in [0.25, 0.3) is 0 Å². The third-order valence-corrected chi connectivity index (χ3v) is 11.1. The zero-order valence-corrected chi connectivity index (χ0v) is 38.9. The summed E-state index contributed by atoms with van der Waals surface area (Å²) in [5.41, 5.74) is 0. The van der Waals surface area contributed by atoms with Crippen molar-refractivity contribution in [1.82, 2.24) is 5.32 Å². The lowest BCUT2D eigenvalue weighted by Crippen LogP contribution is -2.46. The Balaban J connectivity index is 4.61. The van der Waals surface area contributed by atoms with Crippen molar-refractivity contribution >= 4 is 11.9 Å². The molecule has 0 aliphatic rings. The van der Waals surface area contributed by atoms with E-state index in [0.717, 1.165) is 64.2 Å². The summed E-state index contributed by atoms with van der Waals surface area (Å²) < 4.78 is 5.79. The molecule has 6 nitrogen and oxygen atoms in total. The highest BCUT2D eigenvalue weighted by Gasteiger charge is 2.23. The highest BCUT2D eigenvalue weighted by molar-refractivity contribution is 5.78. The Hall–Kier alpha value is -2.44. The molecule has 0 aromatic heterocycles. The molecule has 3 unspecified atom stereocenters. The van der Waals surface area contributed by atoms with Gasteiger partial charge in [-0.3, -0.25) is 9.59 Å². The van der Waals surface area contributed by atoms with Gasteiger partial charge in [-0.2, -0.15) is 0 Å². The summed E-state index contributed by atoms with van der Waals surface area (Å²) in [5.74, 6) is -0.629. The van der Waals surface area contributed by atoms with Gasteiger partial charge in [0.1, 0.15) is 6.10 Å². The predicted molar refractivity (Wildman–Crippen MR) is 255 cm³/mol. The summed E-state index contributed by atoms with van der Waals surface area (Å²) in [5, 5.41) is 23.7. The van der Waals surface area contributed by atoms with Crippen LogP contribution in [0, 0.1) is 0 Å². The Morgan fingerprint density at radius 1 is 0.508 bits per heavy atom. The second-order valence-corrected chi connectivity index (χ2v) is 16.8. The first-order valence-electron chi connectivity index (χ1n) is 25.0. The summed E-state index contributed by atoms with van der Waals surface area (Å²) in [6.07, 6.45) is 57.5. The van der Waals surface area contributed by atoms with Crippen molar-refractivity contribution < 1.29 is 24.5 Å². The smallest absolute Gasteiger partial charge is 0.306 e. The number of aliphatic hydroxyl groups is 2. The van der Waals surface area contributed by atoms with E-state index in [0.29, 0.717) is 19.3 Å². The van der Waals surface area contributed by atoms with Gasteiger partial charge in [0, 0.05) is 6.42 Å². The van der Waals surface area contributed by atoms with Crippen LogP contribution in [-0.2, 0) is 14.3 Å². The molecule has 0 aliphatic heterocycles. The first-order chi connectivity index (χ1) is 29.0. The molecular formula is C53H95NO5. The molecule has 0 spiro atoms. The van der Waals surface area contributed by atoms with Crippen LogP contribution in [0.2, 0.25) is 0 Å². The molecule has 0 aromatic carbocycles. The fraction of sp³-hybridized carbons (Fsp3) is 0.774. The zero-order valence-electron chi connectivity index (χ0n) is 38.9. The van der Waals surface area contributed by atoms with Crippen LogP contribution in [0.3, 0.4) is 0 Å². The normalized spacial score (nSPS) is 13.8. The van der Waals surface area contributed by atoms with Gasteiger partial charge in [-0.05, 0) is 51.0 Å². The molecule has 0 heterocycles. The van der Waals surface area contributed by atoms with Crippen LogP contribution in [0.1, 0.15) is 239 Å². The predicted octanol–water partition coefficient (Wildman–Crippen LogP) is 14.8. The molecule has 0 saturated heterocycles. The third kappa shape index (κ3) is 42.1. The second-order valence-electron chi connectivity index (χ2n) is 16.8. The molecule has 0 fully saturated rings. The number of esters is 1. The molecule has 0 bridgehead atoms. The van der Waals surface area contributed by atoms with Gasteiger partial charge in [-0.1, -0.05) is 236 Å². The Kier molecular flexibility index (Phi) is 44.7.